The lowest BCUT2D eigenvalue weighted by Crippen LogP contribution is -2.51. The number of nitrogens with zero attached hydrogens (tertiary/aromatic N) is 3. The number of aromatic nitrogens is 2. The first-order chi connectivity index (χ1) is 17.2. The molecular weight excluding hydrogens is 536 g/mol. The van der Waals surface area contributed by atoms with E-state index in [2.05, 4.69) is 21.8 Å². The van der Waals surface area contributed by atoms with Gasteiger partial charge >= 0.3 is 24.3 Å². The lowest BCUT2D eigenvalue weighted by molar-refractivity contribution is -0.193. The van der Waals surface area contributed by atoms with Crippen molar-refractivity contribution >= 4 is 23.3 Å². The van der Waals surface area contributed by atoms with Gasteiger partial charge in [0.05, 0.1) is 24.0 Å². The number of hydrogen-bond donors (Lipinski definition) is 2. The molecule has 0 radical (unpaired) electrons. The van der Waals surface area contributed by atoms with Crippen molar-refractivity contribution in [3.05, 3.63) is 40.6 Å². The number of rotatable bonds is 4. The van der Waals surface area contributed by atoms with Crippen molar-refractivity contribution in [2.45, 2.75) is 56.9 Å². The Morgan fingerprint density at radius 3 is 2.27 bits per heavy atom. The summed E-state index contributed by atoms with van der Waals surface area (Å²) in [5.74, 6) is -4.68. The number of aliphatic carboxylic acids is 2. The molecule has 1 saturated heterocycles. The van der Waals surface area contributed by atoms with E-state index >= 15 is 0 Å². The van der Waals surface area contributed by atoms with Crippen LogP contribution in [0.1, 0.15) is 23.4 Å². The fraction of sp³-hybridized carbons (Fsp3) is 0.524. The summed E-state index contributed by atoms with van der Waals surface area (Å²) in [6.07, 6.45) is -4.21. The highest BCUT2D eigenvalue weighted by molar-refractivity contribution is 7.09. The monoisotopic (exact) mass is 559 g/mol. The number of alkyl halides is 6. The number of carboxylic acids is 2. The molecule has 3 heterocycles. The third kappa shape index (κ3) is 9.44. The summed E-state index contributed by atoms with van der Waals surface area (Å²) >= 11 is 1.75. The van der Waals surface area contributed by atoms with Gasteiger partial charge in [-0.3, -0.25) is 9.88 Å². The molecule has 0 spiro atoms. The van der Waals surface area contributed by atoms with E-state index in [4.69, 9.17) is 29.3 Å². The third-order valence-electron chi connectivity index (χ3n) is 5.25. The molecule has 1 saturated carbocycles. The molecule has 4 rings (SSSR count). The van der Waals surface area contributed by atoms with Crippen LogP contribution in [0.15, 0.2) is 30.0 Å². The van der Waals surface area contributed by atoms with Gasteiger partial charge < -0.3 is 19.7 Å². The smallest absolute Gasteiger partial charge is 0.486 e. The summed E-state index contributed by atoms with van der Waals surface area (Å²) in [5.41, 5.74) is 3.09. The SMILES string of the molecule is Cc1ncsc1CN1CCO[C@H]2[C@H](Oc3cccnc3)CC[C@@H]21.O=C(O)C(F)(F)F.O=C(O)C(F)(F)F. The van der Waals surface area contributed by atoms with Crippen LogP contribution >= 0.6 is 11.3 Å². The molecule has 0 unspecified atom stereocenters. The maximum Gasteiger partial charge on any atom is 0.490 e. The summed E-state index contributed by atoms with van der Waals surface area (Å²) in [4.78, 5) is 30.2. The predicted molar refractivity (Wildman–Crippen MR) is 116 cm³/mol. The number of halogens is 6. The van der Waals surface area contributed by atoms with Crippen molar-refractivity contribution in [2.75, 3.05) is 13.2 Å². The molecule has 2 N–H and O–H groups in total. The number of morpholine rings is 1. The molecule has 37 heavy (non-hydrogen) atoms. The molecular formula is C21H23F6N3O6S. The van der Waals surface area contributed by atoms with Gasteiger partial charge in [0.15, 0.2) is 0 Å². The first kappa shape index (κ1) is 30.2. The van der Waals surface area contributed by atoms with Crippen LogP contribution in [0.5, 0.6) is 5.75 Å². The Hall–Kier alpha value is -2.98. The lowest BCUT2D eigenvalue weighted by atomic mass is 10.1. The van der Waals surface area contributed by atoms with Gasteiger partial charge in [-0.05, 0) is 31.9 Å². The first-order valence-corrected chi connectivity index (χ1v) is 11.5. The molecule has 1 aliphatic heterocycles. The fourth-order valence-corrected chi connectivity index (χ4v) is 4.37. The Balaban J connectivity index is 0.000000286. The summed E-state index contributed by atoms with van der Waals surface area (Å²) in [6, 6.07) is 4.30. The summed E-state index contributed by atoms with van der Waals surface area (Å²) < 4.78 is 75.7. The van der Waals surface area contributed by atoms with Gasteiger partial charge in [0.2, 0.25) is 0 Å². The Bertz CT molecular complexity index is 996. The standard InChI is InChI=1S/C17H21N3O2S.2C2HF3O2/c1-12-16(23-11-19-12)10-20-7-8-21-17-14(20)4-5-15(17)22-13-3-2-6-18-9-13;2*3-2(4,5)1(6)7/h2-3,6,9,11,14-15,17H,4-5,7-8,10H2,1H3;2*(H,6,7)/t14-,15+,17+;;/m0../s1. The zero-order valence-corrected chi connectivity index (χ0v) is 20.0. The van der Waals surface area contributed by atoms with E-state index in [1.807, 2.05) is 17.6 Å². The van der Waals surface area contributed by atoms with E-state index < -0.39 is 24.3 Å². The number of fused-ring (bicyclic) bond motifs is 1. The molecule has 2 aromatic rings. The number of hydrogen-bond acceptors (Lipinski definition) is 8. The van der Waals surface area contributed by atoms with Crippen LogP contribution in [-0.4, -0.2) is 80.8 Å². The zero-order chi connectivity index (χ0) is 27.8. The number of ether oxygens (including phenoxy) is 2. The first-order valence-electron chi connectivity index (χ1n) is 10.6. The normalized spacial score (nSPS) is 21.5. The second-order valence-corrected chi connectivity index (χ2v) is 8.70. The fourth-order valence-electron chi connectivity index (χ4n) is 3.57. The van der Waals surface area contributed by atoms with Crippen LogP contribution in [0.25, 0.3) is 0 Å². The number of thiazole rings is 1. The van der Waals surface area contributed by atoms with Crippen LogP contribution in [0.3, 0.4) is 0 Å². The predicted octanol–water partition coefficient (Wildman–Crippen LogP) is 3.92. The van der Waals surface area contributed by atoms with E-state index in [9.17, 15) is 26.3 Å². The minimum atomic E-state index is -5.08. The summed E-state index contributed by atoms with van der Waals surface area (Å²) in [6.45, 7) is 4.82. The molecule has 0 aromatic carbocycles. The van der Waals surface area contributed by atoms with Crippen molar-refractivity contribution in [3.63, 3.8) is 0 Å². The number of aryl methyl sites for hydroxylation is 1. The molecule has 9 nitrogen and oxygen atoms in total. The Morgan fingerprint density at radius 2 is 1.78 bits per heavy atom. The van der Waals surface area contributed by atoms with Gasteiger partial charge in [0.25, 0.3) is 0 Å². The van der Waals surface area contributed by atoms with E-state index in [0.29, 0.717) is 6.04 Å². The van der Waals surface area contributed by atoms with Gasteiger partial charge in [-0.15, -0.1) is 11.3 Å². The maximum atomic E-state index is 10.6. The highest BCUT2D eigenvalue weighted by Crippen LogP contribution is 2.34. The lowest BCUT2D eigenvalue weighted by Gasteiger charge is -2.38. The molecule has 2 aliphatic rings. The Morgan fingerprint density at radius 1 is 1.16 bits per heavy atom. The molecule has 2 aromatic heterocycles. The number of carboxylic acid groups (broad SMARTS) is 2. The highest BCUT2D eigenvalue weighted by Gasteiger charge is 2.44. The minimum absolute atomic E-state index is 0.120. The second-order valence-electron chi connectivity index (χ2n) is 7.76. The van der Waals surface area contributed by atoms with Crippen LogP contribution in [0, 0.1) is 6.92 Å². The Kier molecular flexibility index (Phi) is 10.6. The minimum Gasteiger partial charge on any atom is -0.486 e. The van der Waals surface area contributed by atoms with Crippen LogP contribution in [-0.2, 0) is 20.9 Å². The van der Waals surface area contributed by atoms with Crippen molar-refractivity contribution in [2.24, 2.45) is 0 Å². The highest BCUT2D eigenvalue weighted by atomic mass is 32.1. The van der Waals surface area contributed by atoms with E-state index in [1.165, 1.54) is 4.88 Å². The third-order valence-corrected chi connectivity index (χ3v) is 6.17. The zero-order valence-electron chi connectivity index (χ0n) is 19.2. The van der Waals surface area contributed by atoms with Crippen molar-refractivity contribution in [3.8, 4) is 5.75 Å². The van der Waals surface area contributed by atoms with Crippen molar-refractivity contribution in [1.82, 2.24) is 14.9 Å². The molecule has 3 atom stereocenters. The molecule has 2 fully saturated rings. The van der Waals surface area contributed by atoms with Crippen LogP contribution < -0.4 is 4.74 Å². The molecule has 16 heteroatoms. The quantitative estimate of drug-likeness (QED) is 0.537. The summed E-state index contributed by atoms with van der Waals surface area (Å²) in [5, 5.41) is 14.2. The van der Waals surface area contributed by atoms with E-state index in [-0.39, 0.29) is 12.2 Å². The van der Waals surface area contributed by atoms with E-state index in [0.717, 1.165) is 44.0 Å². The van der Waals surface area contributed by atoms with Crippen LogP contribution in [0.2, 0.25) is 0 Å². The number of pyridine rings is 1. The van der Waals surface area contributed by atoms with Gasteiger partial charge in [0.1, 0.15) is 18.0 Å². The average Bonchev–Trinajstić information content (AvgIpc) is 3.41. The van der Waals surface area contributed by atoms with Gasteiger partial charge in [0, 0.05) is 30.2 Å². The molecule has 0 amide bonds. The van der Waals surface area contributed by atoms with Gasteiger partial charge in [-0.1, -0.05) is 0 Å². The average molecular weight is 559 g/mol. The molecule has 206 valence electrons. The summed E-state index contributed by atoms with van der Waals surface area (Å²) in [7, 11) is 0. The largest absolute Gasteiger partial charge is 0.490 e. The number of carbonyl (C=O) groups is 2. The molecule has 1 aliphatic carbocycles. The van der Waals surface area contributed by atoms with E-state index in [1.54, 1.807) is 23.7 Å². The topological polar surface area (TPSA) is 122 Å². The van der Waals surface area contributed by atoms with Gasteiger partial charge in [-0.25, -0.2) is 14.6 Å². The van der Waals surface area contributed by atoms with Crippen molar-refractivity contribution in [1.29, 1.82) is 0 Å². The van der Waals surface area contributed by atoms with Gasteiger partial charge in [-0.2, -0.15) is 26.3 Å². The Labute approximate surface area is 210 Å². The maximum absolute atomic E-state index is 10.6. The van der Waals surface area contributed by atoms with Crippen molar-refractivity contribution < 1.29 is 55.6 Å². The molecule has 0 bridgehead atoms. The second kappa shape index (κ2) is 13.0. The van der Waals surface area contributed by atoms with Crippen LogP contribution in [0.4, 0.5) is 26.3 Å².